The first kappa shape index (κ1) is 38.7. The van der Waals surface area contributed by atoms with Gasteiger partial charge in [-0.3, -0.25) is 20.2 Å². The fourth-order valence-electron chi connectivity index (χ4n) is 4.82. The maximum absolute atomic E-state index is 12.6. The van der Waals surface area contributed by atoms with Gasteiger partial charge in [0, 0.05) is 39.2 Å². The van der Waals surface area contributed by atoms with Crippen molar-refractivity contribution in [3.05, 3.63) is 120 Å². The Morgan fingerprint density at radius 1 is 0.593 bits per heavy atom. The molecule has 0 radical (unpaired) electrons. The number of benzene rings is 4. The number of carbonyl (C=O) groups excluding carboxylic acids is 4. The summed E-state index contributed by atoms with van der Waals surface area (Å²) >= 11 is 1.04. The summed E-state index contributed by atoms with van der Waals surface area (Å²) < 4.78 is 14.3. The van der Waals surface area contributed by atoms with Crippen LogP contribution in [0.3, 0.4) is 0 Å². The number of ether oxygens (including phenoxy) is 2. The number of rotatable bonds is 7. The first-order valence-electron chi connectivity index (χ1n) is 16.9. The lowest BCUT2D eigenvalue weighted by Crippen LogP contribution is -2.27. The van der Waals surface area contributed by atoms with Gasteiger partial charge in [0.1, 0.15) is 27.5 Å². The molecular formula is C40H41N7O6S. The number of para-hydroxylation sites is 1. The number of nitrogens with one attached hydrogen (secondary N) is 5. The molecule has 5 N–H and O–H groups in total. The SMILES string of the molecule is CC(C)(C)OC(=O)Nc1ccc(NC(=O)c2cc3ccccc3[nH]2)cc1.CC(C)(C)OC(=O)Nc1ccc(NC(=O)c2snnc2-c2ccccc2)cc1. The Labute approximate surface area is 316 Å². The van der Waals surface area contributed by atoms with Crippen molar-refractivity contribution in [2.75, 3.05) is 21.3 Å². The first-order chi connectivity index (χ1) is 25.6. The number of fused-ring (bicyclic) bond motifs is 1. The molecule has 0 spiro atoms. The number of amides is 4. The highest BCUT2D eigenvalue weighted by molar-refractivity contribution is 7.08. The molecule has 278 valence electrons. The minimum atomic E-state index is -0.572. The van der Waals surface area contributed by atoms with Gasteiger partial charge in [-0.15, -0.1) is 5.10 Å². The molecule has 13 nitrogen and oxygen atoms in total. The molecule has 14 heteroatoms. The summed E-state index contributed by atoms with van der Waals surface area (Å²) in [6, 6.07) is 32.5. The van der Waals surface area contributed by atoms with Crippen LogP contribution in [-0.2, 0) is 9.47 Å². The van der Waals surface area contributed by atoms with Crippen LogP contribution in [0.4, 0.5) is 32.3 Å². The van der Waals surface area contributed by atoms with E-state index in [1.807, 2.05) is 60.7 Å². The standard InChI is InChI=1S/C20H20N4O3S.C20H21N3O3/c1-20(2,3)27-19(26)22-15-11-9-14(10-12-15)21-18(25)17-16(23-24-28-17)13-7-5-4-6-8-13;1-20(2,3)26-19(25)22-15-10-8-14(9-11-15)21-18(24)17-12-13-6-4-5-7-16(13)23-17/h4-12H,1-3H3,(H,21,25)(H,22,26);4-12,23H,1-3H3,(H,21,24)(H,22,25). The largest absolute Gasteiger partial charge is 0.444 e. The highest BCUT2D eigenvalue weighted by atomic mass is 32.1. The number of nitrogens with zero attached hydrogens (tertiary/aromatic N) is 2. The molecule has 0 bridgehead atoms. The van der Waals surface area contributed by atoms with Gasteiger partial charge >= 0.3 is 12.2 Å². The molecule has 0 aliphatic rings. The Morgan fingerprint density at radius 3 is 1.56 bits per heavy atom. The number of aromatic amines is 1. The highest BCUT2D eigenvalue weighted by Gasteiger charge is 2.19. The van der Waals surface area contributed by atoms with Crippen LogP contribution in [0, 0.1) is 0 Å². The lowest BCUT2D eigenvalue weighted by molar-refractivity contribution is 0.0624. The van der Waals surface area contributed by atoms with Gasteiger partial charge in [0.25, 0.3) is 11.8 Å². The second kappa shape index (κ2) is 16.9. The third-order valence-electron chi connectivity index (χ3n) is 7.09. The molecule has 0 saturated heterocycles. The van der Waals surface area contributed by atoms with Crippen molar-refractivity contribution in [1.82, 2.24) is 14.6 Å². The molecular weight excluding hydrogens is 707 g/mol. The number of carbonyl (C=O) groups is 4. The third kappa shape index (κ3) is 11.5. The maximum atomic E-state index is 12.6. The molecule has 2 aromatic heterocycles. The Hall–Kier alpha value is -6.54. The van der Waals surface area contributed by atoms with Gasteiger partial charge in [0.15, 0.2) is 0 Å². The molecule has 4 aromatic carbocycles. The molecule has 0 fully saturated rings. The third-order valence-corrected chi connectivity index (χ3v) is 7.82. The molecule has 0 atom stereocenters. The normalized spacial score (nSPS) is 11.1. The van der Waals surface area contributed by atoms with Crippen LogP contribution in [0.5, 0.6) is 0 Å². The molecule has 54 heavy (non-hydrogen) atoms. The number of anilines is 4. The smallest absolute Gasteiger partial charge is 0.412 e. The van der Waals surface area contributed by atoms with E-state index in [0.717, 1.165) is 28.0 Å². The van der Waals surface area contributed by atoms with E-state index in [1.54, 1.807) is 90.1 Å². The molecule has 0 aliphatic carbocycles. The average Bonchev–Trinajstić information content (AvgIpc) is 3.78. The van der Waals surface area contributed by atoms with Crippen molar-refractivity contribution in [3.8, 4) is 11.3 Å². The van der Waals surface area contributed by atoms with Gasteiger partial charge in [-0.05, 0) is 114 Å². The number of hydrogen-bond acceptors (Lipinski definition) is 9. The number of H-pyrrole nitrogens is 1. The quantitative estimate of drug-likeness (QED) is 0.107. The molecule has 4 amide bonds. The predicted octanol–water partition coefficient (Wildman–Crippen LogP) is 9.57. The van der Waals surface area contributed by atoms with Crippen molar-refractivity contribution in [1.29, 1.82) is 0 Å². The number of aromatic nitrogens is 3. The molecule has 0 aliphatic heterocycles. The van der Waals surface area contributed by atoms with Crippen LogP contribution in [0.2, 0.25) is 0 Å². The van der Waals surface area contributed by atoms with E-state index in [0.29, 0.717) is 39.0 Å². The van der Waals surface area contributed by atoms with Crippen LogP contribution in [0.15, 0.2) is 109 Å². The second-order valence-electron chi connectivity index (χ2n) is 13.9. The Morgan fingerprint density at radius 2 is 1.06 bits per heavy atom. The zero-order valence-electron chi connectivity index (χ0n) is 30.6. The second-order valence-corrected chi connectivity index (χ2v) is 14.7. The molecule has 2 heterocycles. The molecule has 6 aromatic rings. The van der Waals surface area contributed by atoms with Gasteiger partial charge in [0.2, 0.25) is 0 Å². The molecule has 6 rings (SSSR count). The van der Waals surface area contributed by atoms with Crippen molar-refractivity contribution >= 4 is 69.2 Å². The first-order valence-corrected chi connectivity index (χ1v) is 17.7. The van der Waals surface area contributed by atoms with Gasteiger partial charge in [-0.25, -0.2) is 9.59 Å². The molecule has 0 unspecified atom stereocenters. The maximum Gasteiger partial charge on any atom is 0.412 e. The van der Waals surface area contributed by atoms with Crippen LogP contribution in [-0.4, -0.2) is 49.8 Å². The summed E-state index contributed by atoms with van der Waals surface area (Å²) in [4.78, 5) is 52.1. The number of hydrogen-bond donors (Lipinski definition) is 5. The molecule has 0 saturated carbocycles. The van der Waals surface area contributed by atoms with Gasteiger partial charge in [0.05, 0.1) is 0 Å². The van der Waals surface area contributed by atoms with Crippen LogP contribution in [0.25, 0.3) is 22.2 Å². The summed E-state index contributed by atoms with van der Waals surface area (Å²) in [5, 5.41) is 16.0. The zero-order valence-corrected chi connectivity index (χ0v) is 31.5. The van der Waals surface area contributed by atoms with Crippen molar-refractivity contribution in [2.45, 2.75) is 52.7 Å². The van der Waals surface area contributed by atoms with E-state index < -0.39 is 23.4 Å². The minimum absolute atomic E-state index is 0.228. The Bertz CT molecular complexity index is 2190. The van der Waals surface area contributed by atoms with E-state index in [-0.39, 0.29) is 11.8 Å². The monoisotopic (exact) mass is 747 g/mol. The van der Waals surface area contributed by atoms with Crippen molar-refractivity contribution in [3.63, 3.8) is 0 Å². The summed E-state index contributed by atoms with van der Waals surface area (Å²) in [6.07, 6.45) is -1.06. The Kier molecular flexibility index (Phi) is 12.1. The van der Waals surface area contributed by atoms with E-state index in [9.17, 15) is 19.2 Å². The van der Waals surface area contributed by atoms with E-state index in [2.05, 4.69) is 35.8 Å². The van der Waals surface area contributed by atoms with E-state index in [1.165, 1.54) is 0 Å². The predicted molar refractivity (Wildman–Crippen MR) is 212 cm³/mol. The highest BCUT2D eigenvalue weighted by Crippen LogP contribution is 2.25. The zero-order chi connectivity index (χ0) is 38.9. The summed E-state index contributed by atoms with van der Waals surface area (Å²) in [7, 11) is 0. The van der Waals surface area contributed by atoms with E-state index >= 15 is 0 Å². The summed E-state index contributed by atoms with van der Waals surface area (Å²) in [5.41, 5.74) is 4.02. The lowest BCUT2D eigenvalue weighted by Gasteiger charge is -2.19. The van der Waals surface area contributed by atoms with Crippen LogP contribution in [0.1, 0.15) is 61.7 Å². The van der Waals surface area contributed by atoms with Crippen LogP contribution < -0.4 is 21.3 Å². The Balaban J connectivity index is 0.000000208. The topological polar surface area (TPSA) is 176 Å². The minimum Gasteiger partial charge on any atom is -0.444 e. The fraction of sp³-hybridized carbons (Fsp3) is 0.200. The van der Waals surface area contributed by atoms with Gasteiger partial charge < -0.3 is 25.1 Å². The lowest BCUT2D eigenvalue weighted by atomic mass is 10.1. The van der Waals surface area contributed by atoms with Crippen molar-refractivity contribution in [2.24, 2.45) is 0 Å². The summed E-state index contributed by atoms with van der Waals surface area (Å²) in [5.74, 6) is -0.518. The van der Waals surface area contributed by atoms with Crippen molar-refractivity contribution < 1.29 is 28.7 Å². The fourth-order valence-corrected chi connectivity index (χ4v) is 5.41. The van der Waals surface area contributed by atoms with E-state index in [4.69, 9.17) is 9.47 Å². The van der Waals surface area contributed by atoms with Gasteiger partial charge in [-0.2, -0.15) is 0 Å². The van der Waals surface area contributed by atoms with Gasteiger partial charge in [-0.1, -0.05) is 53.0 Å². The average molecular weight is 748 g/mol. The summed E-state index contributed by atoms with van der Waals surface area (Å²) in [6.45, 7) is 10.8. The van der Waals surface area contributed by atoms with Crippen LogP contribution >= 0.6 is 11.5 Å².